The fraction of sp³-hybridized carbons (Fsp3) is 0.500. The van der Waals surface area contributed by atoms with Crippen LogP contribution in [0.5, 0.6) is 0 Å². The van der Waals surface area contributed by atoms with Crippen LogP contribution in [-0.4, -0.2) is 18.2 Å². The van der Waals surface area contributed by atoms with Gasteiger partial charge in [0.25, 0.3) is 0 Å². The molecule has 3 N–H and O–H groups in total. The molecule has 0 saturated carbocycles. The van der Waals surface area contributed by atoms with E-state index in [0.717, 1.165) is 17.7 Å². The smallest absolute Gasteiger partial charge is 0.412 e. The van der Waals surface area contributed by atoms with E-state index >= 15 is 0 Å². The molecule has 0 aliphatic rings. The quantitative estimate of drug-likeness (QED) is 0.867. The summed E-state index contributed by atoms with van der Waals surface area (Å²) in [5.74, 6) is 0. The highest BCUT2D eigenvalue weighted by atomic mass is 16.6. The second-order valence-corrected chi connectivity index (χ2v) is 5.31. The molecule has 18 heavy (non-hydrogen) atoms. The summed E-state index contributed by atoms with van der Waals surface area (Å²) < 4.78 is 5.20. The number of aryl methyl sites for hydroxylation is 1. The highest BCUT2D eigenvalue weighted by Gasteiger charge is 2.16. The first-order valence-corrected chi connectivity index (χ1v) is 6.11. The monoisotopic (exact) mass is 250 g/mol. The number of carbonyl (C=O) groups is 1. The molecule has 1 rings (SSSR count). The van der Waals surface area contributed by atoms with Crippen molar-refractivity contribution in [2.24, 2.45) is 5.73 Å². The van der Waals surface area contributed by atoms with Gasteiger partial charge in [0.2, 0.25) is 0 Å². The average molecular weight is 250 g/mol. The van der Waals surface area contributed by atoms with Crippen LogP contribution in [-0.2, 0) is 11.2 Å². The topological polar surface area (TPSA) is 64.3 Å². The fourth-order valence-corrected chi connectivity index (χ4v) is 1.60. The summed E-state index contributed by atoms with van der Waals surface area (Å²) in [5.41, 5.74) is 7.97. The molecule has 100 valence electrons. The Labute approximate surface area is 109 Å². The van der Waals surface area contributed by atoms with Crippen LogP contribution in [0.15, 0.2) is 18.2 Å². The van der Waals surface area contributed by atoms with E-state index in [4.69, 9.17) is 10.5 Å². The van der Waals surface area contributed by atoms with Crippen LogP contribution < -0.4 is 11.1 Å². The van der Waals surface area contributed by atoms with Crippen LogP contribution in [0.25, 0.3) is 0 Å². The maximum absolute atomic E-state index is 11.6. The van der Waals surface area contributed by atoms with Gasteiger partial charge in [0, 0.05) is 5.69 Å². The van der Waals surface area contributed by atoms with Gasteiger partial charge in [-0.2, -0.15) is 0 Å². The molecule has 0 spiro atoms. The lowest BCUT2D eigenvalue weighted by Gasteiger charge is -2.20. The van der Waals surface area contributed by atoms with E-state index in [0.29, 0.717) is 6.54 Å². The molecule has 0 atom stereocenters. The molecule has 0 aliphatic heterocycles. The Kier molecular flexibility index (Phi) is 4.73. The minimum absolute atomic E-state index is 0.433. The number of benzene rings is 1. The first-order chi connectivity index (χ1) is 8.31. The number of ether oxygens (including phenoxy) is 1. The molecule has 0 aliphatic carbocycles. The minimum atomic E-state index is -0.489. The van der Waals surface area contributed by atoms with Gasteiger partial charge in [0.15, 0.2) is 0 Å². The van der Waals surface area contributed by atoms with Crippen molar-refractivity contribution < 1.29 is 9.53 Å². The molecule has 4 heteroatoms. The maximum Gasteiger partial charge on any atom is 0.412 e. The molecular formula is C14H22N2O2. The van der Waals surface area contributed by atoms with E-state index in [1.807, 2.05) is 45.9 Å². The highest BCUT2D eigenvalue weighted by molar-refractivity contribution is 5.85. The van der Waals surface area contributed by atoms with Crippen molar-refractivity contribution in [2.75, 3.05) is 11.9 Å². The van der Waals surface area contributed by atoms with Gasteiger partial charge >= 0.3 is 6.09 Å². The Morgan fingerprint density at radius 2 is 2.06 bits per heavy atom. The number of rotatable bonds is 3. The Bertz CT molecular complexity index is 422. The lowest BCUT2D eigenvalue weighted by atomic mass is 10.1. The third-order valence-electron chi connectivity index (χ3n) is 2.36. The summed E-state index contributed by atoms with van der Waals surface area (Å²) in [6.07, 6.45) is 0.408. The first-order valence-electron chi connectivity index (χ1n) is 6.11. The van der Waals surface area contributed by atoms with E-state index in [1.165, 1.54) is 5.56 Å². The molecule has 4 nitrogen and oxygen atoms in total. The van der Waals surface area contributed by atoms with E-state index in [-0.39, 0.29) is 0 Å². The van der Waals surface area contributed by atoms with Crippen LogP contribution in [0.2, 0.25) is 0 Å². The van der Waals surface area contributed by atoms with Crippen molar-refractivity contribution in [2.45, 2.75) is 39.7 Å². The van der Waals surface area contributed by atoms with Gasteiger partial charge in [-0.05, 0) is 57.9 Å². The molecular weight excluding hydrogens is 228 g/mol. The number of amides is 1. The zero-order valence-electron chi connectivity index (χ0n) is 11.5. The molecule has 1 amide bonds. The lowest BCUT2D eigenvalue weighted by Crippen LogP contribution is -2.27. The predicted octanol–water partition coefficient (Wildman–Crippen LogP) is 2.84. The number of hydrogen-bond acceptors (Lipinski definition) is 3. The molecule has 0 saturated heterocycles. The number of nitrogens with one attached hydrogen (secondary N) is 1. The second-order valence-electron chi connectivity index (χ2n) is 5.31. The summed E-state index contributed by atoms with van der Waals surface area (Å²) in [6, 6.07) is 5.87. The fourth-order valence-electron chi connectivity index (χ4n) is 1.60. The summed E-state index contributed by atoms with van der Waals surface area (Å²) >= 11 is 0. The van der Waals surface area contributed by atoms with E-state index < -0.39 is 11.7 Å². The lowest BCUT2D eigenvalue weighted by molar-refractivity contribution is 0.0636. The molecule has 0 aromatic heterocycles. The Hall–Kier alpha value is -1.55. The molecule has 0 bridgehead atoms. The van der Waals surface area contributed by atoms with E-state index in [1.54, 1.807) is 0 Å². The van der Waals surface area contributed by atoms with Gasteiger partial charge < -0.3 is 10.5 Å². The van der Waals surface area contributed by atoms with E-state index in [9.17, 15) is 4.79 Å². The van der Waals surface area contributed by atoms with Crippen molar-refractivity contribution in [3.05, 3.63) is 29.3 Å². The molecule has 0 unspecified atom stereocenters. The normalized spacial score (nSPS) is 11.2. The zero-order chi connectivity index (χ0) is 13.8. The Morgan fingerprint density at radius 1 is 1.39 bits per heavy atom. The molecule has 0 fully saturated rings. The molecule has 0 heterocycles. The van der Waals surface area contributed by atoms with Crippen LogP contribution in [0, 0.1) is 6.92 Å². The number of carbonyl (C=O) groups excluding carboxylic acids is 1. The third kappa shape index (κ3) is 4.75. The average Bonchev–Trinajstić information content (AvgIpc) is 2.20. The number of hydrogen-bond donors (Lipinski definition) is 2. The third-order valence-corrected chi connectivity index (χ3v) is 2.36. The molecule has 1 aromatic carbocycles. The van der Waals surface area contributed by atoms with Gasteiger partial charge in [-0.1, -0.05) is 12.1 Å². The van der Waals surface area contributed by atoms with Gasteiger partial charge in [-0.15, -0.1) is 0 Å². The molecule has 0 radical (unpaired) electrons. The van der Waals surface area contributed by atoms with Crippen LogP contribution in [0.1, 0.15) is 31.9 Å². The van der Waals surface area contributed by atoms with Crippen LogP contribution in [0.3, 0.4) is 0 Å². The largest absolute Gasteiger partial charge is 0.444 e. The summed E-state index contributed by atoms with van der Waals surface area (Å²) in [4.78, 5) is 11.6. The Morgan fingerprint density at radius 3 is 2.56 bits per heavy atom. The Balaban J connectivity index is 2.71. The van der Waals surface area contributed by atoms with Gasteiger partial charge in [0.05, 0.1) is 0 Å². The van der Waals surface area contributed by atoms with Crippen LogP contribution in [0.4, 0.5) is 10.5 Å². The second kappa shape index (κ2) is 5.87. The first kappa shape index (κ1) is 14.5. The van der Waals surface area contributed by atoms with Gasteiger partial charge in [-0.3, -0.25) is 5.32 Å². The number of nitrogens with two attached hydrogens (primary N) is 1. The zero-order valence-corrected chi connectivity index (χ0v) is 11.5. The van der Waals surface area contributed by atoms with Gasteiger partial charge in [0.1, 0.15) is 5.60 Å². The standard InChI is InChI=1S/C14H22N2O2/c1-10-9-11(7-8-15)5-6-12(10)16-13(17)18-14(2,3)4/h5-6,9H,7-8,15H2,1-4H3,(H,16,17). The molecule has 1 aromatic rings. The van der Waals surface area contributed by atoms with Crippen LogP contribution >= 0.6 is 0 Å². The SMILES string of the molecule is Cc1cc(CCN)ccc1NC(=O)OC(C)(C)C. The predicted molar refractivity (Wildman–Crippen MR) is 73.8 cm³/mol. The highest BCUT2D eigenvalue weighted by Crippen LogP contribution is 2.18. The van der Waals surface area contributed by atoms with Gasteiger partial charge in [-0.25, -0.2) is 4.79 Å². The summed E-state index contributed by atoms with van der Waals surface area (Å²) in [5, 5.41) is 2.74. The summed E-state index contributed by atoms with van der Waals surface area (Å²) in [6.45, 7) is 8.09. The van der Waals surface area contributed by atoms with Crippen molar-refractivity contribution in [1.29, 1.82) is 0 Å². The van der Waals surface area contributed by atoms with Crippen molar-refractivity contribution in [3.8, 4) is 0 Å². The van der Waals surface area contributed by atoms with Crippen molar-refractivity contribution in [3.63, 3.8) is 0 Å². The van der Waals surface area contributed by atoms with E-state index in [2.05, 4.69) is 5.32 Å². The summed E-state index contributed by atoms with van der Waals surface area (Å²) in [7, 11) is 0. The maximum atomic E-state index is 11.6. The minimum Gasteiger partial charge on any atom is -0.444 e. The van der Waals surface area contributed by atoms with Crippen molar-refractivity contribution >= 4 is 11.8 Å². The van der Waals surface area contributed by atoms with Crippen molar-refractivity contribution in [1.82, 2.24) is 0 Å². The number of anilines is 1.